The van der Waals surface area contributed by atoms with E-state index in [0.717, 1.165) is 35.4 Å². The zero-order chi connectivity index (χ0) is 14.7. The van der Waals surface area contributed by atoms with Gasteiger partial charge in [0.15, 0.2) is 0 Å². The fourth-order valence-electron chi connectivity index (χ4n) is 2.70. The average molecular weight is 280 g/mol. The van der Waals surface area contributed by atoms with Gasteiger partial charge in [0.2, 0.25) is 0 Å². The molecule has 0 saturated heterocycles. The highest BCUT2D eigenvalue weighted by Gasteiger charge is 2.14. The number of fused-ring (bicyclic) bond motifs is 1. The second-order valence-corrected chi connectivity index (χ2v) is 5.36. The molecule has 0 fully saturated rings. The quantitative estimate of drug-likeness (QED) is 0.777. The Bertz CT molecular complexity index is 718. The van der Waals surface area contributed by atoms with Gasteiger partial charge in [0.05, 0.1) is 6.54 Å². The molecule has 0 atom stereocenters. The minimum absolute atomic E-state index is 0.505. The molecule has 3 rings (SSSR count). The summed E-state index contributed by atoms with van der Waals surface area (Å²) in [5, 5.41) is 1.13. The van der Waals surface area contributed by atoms with Crippen LogP contribution in [-0.4, -0.2) is 11.9 Å². The van der Waals surface area contributed by atoms with Gasteiger partial charge in [-0.05, 0) is 18.7 Å². The fourth-order valence-corrected chi connectivity index (χ4v) is 2.70. The smallest absolute Gasteiger partial charge is 0.134 e. The molecular formula is C18H20N2O. The van der Waals surface area contributed by atoms with E-state index < -0.39 is 0 Å². The van der Waals surface area contributed by atoms with Gasteiger partial charge in [0, 0.05) is 24.0 Å². The molecule has 0 aliphatic rings. The van der Waals surface area contributed by atoms with Gasteiger partial charge in [0.25, 0.3) is 0 Å². The summed E-state index contributed by atoms with van der Waals surface area (Å²) in [7, 11) is 2.10. The number of hydrogen-bond donors (Lipinski definition) is 1. The van der Waals surface area contributed by atoms with E-state index in [9.17, 15) is 0 Å². The molecule has 21 heavy (non-hydrogen) atoms. The predicted molar refractivity (Wildman–Crippen MR) is 85.7 cm³/mol. The largest absolute Gasteiger partial charge is 0.459 e. The molecule has 0 aliphatic heterocycles. The van der Waals surface area contributed by atoms with Gasteiger partial charge in [-0.3, -0.25) is 4.90 Å². The summed E-state index contributed by atoms with van der Waals surface area (Å²) >= 11 is 0. The number of nitrogens with two attached hydrogens (primary N) is 1. The van der Waals surface area contributed by atoms with Gasteiger partial charge >= 0.3 is 0 Å². The van der Waals surface area contributed by atoms with Crippen molar-refractivity contribution in [1.82, 2.24) is 4.90 Å². The van der Waals surface area contributed by atoms with Crippen LogP contribution >= 0.6 is 0 Å². The van der Waals surface area contributed by atoms with Gasteiger partial charge in [-0.1, -0.05) is 48.5 Å². The number of nitrogens with zero attached hydrogens (tertiary/aromatic N) is 1. The van der Waals surface area contributed by atoms with Crippen LogP contribution in [0.4, 0.5) is 0 Å². The molecule has 3 heteroatoms. The van der Waals surface area contributed by atoms with E-state index in [4.69, 9.17) is 10.2 Å². The Labute approximate surface area is 125 Å². The maximum absolute atomic E-state index is 5.98. The van der Waals surface area contributed by atoms with Gasteiger partial charge in [-0.15, -0.1) is 0 Å². The van der Waals surface area contributed by atoms with Crippen LogP contribution < -0.4 is 5.73 Å². The van der Waals surface area contributed by atoms with Gasteiger partial charge < -0.3 is 10.2 Å². The first kappa shape index (κ1) is 13.9. The first-order valence-corrected chi connectivity index (χ1v) is 7.19. The highest BCUT2D eigenvalue weighted by molar-refractivity contribution is 5.82. The minimum atomic E-state index is 0.505. The SMILES string of the molecule is CN(Cc1ccccc1)Cc1oc2ccccc2c1CN. The highest BCUT2D eigenvalue weighted by atomic mass is 16.3. The van der Waals surface area contributed by atoms with E-state index in [-0.39, 0.29) is 0 Å². The molecule has 3 nitrogen and oxygen atoms in total. The van der Waals surface area contributed by atoms with Crippen molar-refractivity contribution < 1.29 is 4.42 Å². The summed E-state index contributed by atoms with van der Waals surface area (Å²) in [5.74, 6) is 0.970. The molecule has 0 bridgehead atoms. The van der Waals surface area contributed by atoms with E-state index in [1.165, 1.54) is 5.56 Å². The van der Waals surface area contributed by atoms with Crippen molar-refractivity contribution in [1.29, 1.82) is 0 Å². The Morgan fingerprint density at radius 3 is 2.43 bits per heavy atom. The van der Waals surface area contributed by atoms with Crippen LogP contribution in [0.15, 0.2) is 59.0 Å². The third-order valence-corrected chi connectivity index (χ3v) is 3.69. The Hall–Kier alpha value is -2.10. The summed E-state index contributed by atoms with van der Waals surface area (Å²) in [4.78, 5) is 2.24. The van der Waals surface area contributed by atoms with Crippen molar-refractivity contribution in [3.05, 3.63) is 71.5 Å². The summed E-state index contributed by atoms with van der Waals surface area (Å²) < 4.78 is 5.98. The molecule has 0 unspecified atom stereocenters. The second-order valence-electron chi connectivity index (χ2n) is 5.36. The van der Waals surface area contributed by atoms with Crippen LogP contribution in [-0.2, 0) is 19.6 Å². The molecule has 1 aromatic heterocycles. The Morgan fingerprint density at radius 1 is 0.952 bits per heavy atom. The standard InChI is InChI=1S/C18H20N2O/c1-20(12-14-7-3-2-4-8-14)13-18-16(11-19)15-9-5-6-10-17(15)21-18/h2-10H,11-13,19H2,1H3. The van der Waals surface area contributed by atoms with Crippen molar-refractivity contribution in [2.45, 2.75) is 19.6 Å². The van der Waals surface area contributed by atoms with E-state index in [1.54, 1.807) is 0 Å². The number of rotatable bonds is 5. The maximum Gasteiger partial charge on any atom is 0.134 e. The van der Waals surface area contributed by atoms with Gasteiger partial charge in [-0.2, -0.15) is 0 Å². The molecule has 1 heterocycles. The van der Waals surface area contributed by atoms with Crippen LogP contribution in [0.3, 0.4) is 0 Å². The summed E-state index contributed by atoms with van der Waals surface area (Å²) in [6, 6.07) is 18.5. The zero-order valence-electron chi connectivity index (χ0n) is 12.3. The Kier molecular flexibility index (Phi) is 4.04. The lowest BCUT2D eigenvalue weighted by atomic mass is 10.1. The minimum Gasteiger partial charge on any atom is -0.459 e. The summed E-state index contributed by atoms with van der Waals surface area (Å²) in [6.07, 6.45) is 0. The lowest BCUT2D eigenvalue weighted by Crippen LogP contribution is -2.18. The molecule has 0 amide bonds. The topological polar surface area (TPSA) is 42.4 Å². The highest BCUT2D eigenvalue weighted by Crippen LogP contribution is 2.26. The number of hydrogen-bond acceptors (Lipinski definition) is 3. The maximum atomic E-state index is 5.98. The van der Waals surface area contributed by atoms with Crippen molar-refractivity contribution >= 4 is 11.0 Å². The first-order chi connectivity index (χ1) is 10.3. The average Bonchev–Trinajstić information content (AvgIpc) is 2.85. The Morgan fingerprint density at radius 2 is 1.67 bits per heavy atom. The number of benzene rings is 2. The monoisotopic (exact) mass is 280 g/mol. The normalized spacial score (nSPS) is 11.4. The molecule has 3 aromatic rings. The van der Waals surface area contributed by atoms with Crippen molar-refractivity contribution in [2.24, 2.45) is 5.73 Å². The van der Waals surface area contributed by atoms with Gasteiger partial charge in [-0.25, -0.2) is 0 Å². The molecule has 0 radical (unpaired) electrons. The van der Waals surface area contributed by atoms with Crippen LogP contribution in [0.1, 0.15) is 16.9 Å². The number of para-hydroxylation sites is 1. The third kappa shape index (κ3) is 2.99. The van der Waals surface area contributed by atoms with E-state index >= 15 is 0 Å². The van der Waals surface area contributed by atoms with Crippen molar-refractivity contribution in [3.63, 3.8) is 0 Å². The van der Waals surface area contributed by atoms with Crippen molar-refractivity contribution in [2.75, 3.05) is 7.05 Å². The summed E-state index contributed by atoms with van der Waals surface area (Å²) in [6.45, 7) is 2.16. The lowest BCUT2D eigenvalue weighted by molar-refractivity contribution is 0.290. The van der Waals surface area contributed by atoms with Crippen molar-refractivity contribution in [3.8, 4) is 0 Å². The van der Waals surface area contributed by atoms with Crippen LogP contribution in [0.5, 0.6) is 0 Å². The van der Waals surface area contributed by atoms with Gasteiger partial charge in [0.1, 0.15) is 11.3 Å². The predicted octanol–water partition coefficient (Wildman–Crippen LogP) is 3.52. The lowest BCUT2D eigenvalue weighted by Gasteiger charge is -2.16. The molecule has 0 aliphatic carbocycles. The molecule has 108 valence electrons. The van der Waals surface area contributed by atoms with E-state index in [2.05, 4.69) is 42.3 Å². The summed E-state index contributed by atoms with van der Waals surface area (Å²) in [5.41, 5.74) is 9.24. The Balaban J connectivity index is 1.81. The van der Waals surface area contributed by atoms with E-state index in [1.807, 2.05) is 24.3 Å². The zero-order valence-corrected chi connectivity index (χ0v) is 12.3. The molecule has 0 saturated carbocycles. The molecule has 2 N–H and O–H groups in total. The third-order valence-electron chi connectivity index (χ3n) is 3.69. The van der Waals surface area contributed by atoms with Crippen LogP contribution in [0, 0.1) is 0 Å². The fraction of sp³-hybridized carbons (Fsp3) is 0.222. The molecular weight excluding hydrogens is 260 g/mol. The van der Waals surface area contributed by atoms with Crippen LogP contribution in [0.2, 0.25) is 0 Å². The molecule has 2 aromatic carbocycles. The van der Waals surface area contributed by atoms with E-state index in [0.29, 0.717) is 6.54 Å². The van der Waals surface area contributed by atoms with Crippen LogP contribution in [0.25, 0.3) is 11.0 Å². The number of furan rings is 1. The first-order valence-electron chi connectivity index (χ1n) is 7.19. The second kappa shape index (κ2) is 6.12. The molecule has 0 spiro atoms.